The molecular weight excluding hydrogens is 333 g/mol. The van der Waals surface area contributed by atoms with Crippen molar-refractivity contribution in [2.45, 2.75) is 26.2 Å². The number of hydrogen-bond acceptors (Lipinski definition) is 1. The maximum Gasteiger partial charge on any atom is 0.255 e. The Labute approximate surface area is 132 Å². The van der Waals surface area contributed by atoms with E-state index < -0.39 is 5.82 Å². The second-order valence-electron chi connectivity index (χ2n) is 4.88. The highest BCUT2D eigenvalue weighted by Gasteiger charge is 2.09. The van der Waals surface area contributed by atoms with Crippen molar-refractivity contribution in [3.05, 3.63) is 63.9 Å². The van der Waals surface area contributed by atoms with Crippen LogP contribution in [-0.2, 0) is 6.42 Å². The van der Waals surface area contributed by atoms with Crippen LogP contribution in [0.5, 0.6) is 0 Å². The molecule has 0 saturated heterocycles. The Morgan fingerprint density at radius 3 is 2.52 bits per heavy atom. The van der Waals surface area contributed by atoms with E-state index in [1.807, 2.05) is 24.3 Å². The van der Waals surface area contributed by atoms with Crippen LogP contribution >= 0.6 is 15.9 Å². The Balaban J connectivity index is 2.03. The van der Waals surface area contributed by atoms with Gasteiger partial charge in [0.2, 0.25) is 0 Å². The zero-order chi connectivity index (χ0) is 15.2. The second kappa shape index (κ2) is 7.36. The van der Waals surface area contributed by atoms with Crippen molar-refractivity contribution in [2.24, 2.45) is 0 Å². The molecule has 0 radical (unpaired) electrons. The molecule has 0 bridgehead atoms. The normalized spacial score (nSPS) is 10.4. The van der Waals surface area contributed by atoms with Crippen LogP contribution in [0.4, 0.5) is 10.1 Å². The van der Waals surface area contributed by atoms with Crippen LogP contribution in [0.15, 0.2) is 46.9 Å². The maximum absolute atomic E-state index is 13.4. The van der Waals surface area contributed by atoms with E-state index in [9.17, 15) is 9.18 Å². The highest BCUT2D eigenvalue weighted by atomic mass is 79.9. The molecule has 1 N–H and O–H groups in total. The van der Waals surface area contributed by atoms with Gasteiger partial charge in [-0.3, -0.25) is 4.79 Å². The smallest absolute Gasteiger partial charge is 0.255 e. The number of unbranched alkanes of at least 4 members (excludes halogenated alkanes) is 1. The lowest BCUT2D eigenvalue weighted by atomic mass is 10.1. The van der Waals surface area contributed by atoms with Gasteiger partial charge in [-0.1, -0.05) is 25.5 Å². The number of nitrogens with one attached hydrogen (secondary N) is 1. The van der Waals surface area contributed by atoms with Crippen molar-refractivity contribution in [1.82, 2.24) is 0 Å². The van der Waals surface area contributed by atoms with E-state index in [1.54, 1.807) is 6.07 Å². The summed E-state index contributed by atoms with van der Waals surface area (Å²) >= 11 is 3.07. The lowest BCUT2D eigenvalue weighted by Crippen LogP contribution is -2.12. The van der Waals surface area contributed by atoms with Crippen LogP contribution in [0.2, 0.25) is 0 Å². The minimum Gasteiger partial charge on any atom is -0.322 e. The van der Waals surface area contributed by atoms with Crippen molar-refractivity contribution in [1.29, 1.82) is 0 Å². The predicted octanol–water partition coefficient (Wildman–Crippen LogP) is 5.18. The first-order valence-corrected chi connectivity index (χ1v) is 7.75. The number of benzene rings is 2. The van der Waals surface area contributed by atoms with Crippen LogP contribution in [0, 0.1) is 5.82 Å². The summed E-state index contributed by atoms with van der Waals surface area (Å²) in [5, 5.41) is 2.77. The summed E-state index contributed by atoms with van der Waals surface area (Å²) in [6, 6.07) is 12.1. The lowest BCUT2D eigenvalue weighted by Gasteiger charge is -2.07. The topological polar surface area (TPSA) is 29.1 Å². The number of amides is 1. The van der Waals surface area contributed by atoms with Crippen LogP contribution in [0.1, 0.15) is 35.7 Å². The first-order valence-electron chi connectivity index (χ1n) is 6.95. The molecule has 0 aliphatic carbocycles. The van der Waals surface area contributed by atoms with Crippen molar-refractivity contribution >= 4 is 27.5 Å². The number of carbonyl (C=O) groups is 1. The van der Waals surface area contributed by atoms with E-state index in [-0.39, 0.29) is 5.91 Å². The average Bonchev–Trinajstić information content (AvgIpc) is 2.49. The number of hydrogen-bond donors (Lipinski definition) is 1. The van der Waals surface area contributed by atoms with Crippen LogP contribution < -0.4 is 5.32 Å². The van der Waals surface area contributed by atoms with E-state index >= 15 is 0 Å². The largest absolute Gasteiger partial charge is 0.322 e. The highest BCUT2D eigenvalue weighted by molar-refractivity contribution is 9.10. The van der Waals surface area contributed by atoms with Gasteiger partial charge in [-0.05, 0) is 64.7 Å². The monoisotopic (exact) mass is 349 g/mol. The van der Waals surface area contributed by atoms with Gasteiger partial charge < -0.3 is 5.32 Å². The van der Waals surface area contributed by atoms with E-state index in [2.05, 4.69) is 28.2 Å². The van der Waals surface area contributed by atoms with Gasteiger partial charge >= 0.3 is 0 Å². The number of anilines is 1. The average molecular weight is 350 g/mol. The molecule has 110 valence electrons. The summed E-state index contributed by atoms with van der Waals surface area (Å²) in [5.41, 5.74) is 2.26. The molecule has 1 amide bonds. The Kier molecular flexibility index (Phi) is 5.51. The van der Waals surface area contributed by atoms with Crippen LogP contribution in [-0.4, -0.2) is 5.91 Å². The van der Waals surface area contributed by atoms with E-state index in [0.29, 0.717) is 15.7 Å². The third-order valence-electron chi connectivity index (χ3n) is 3.21. The Morgan fingerprint density at radius 1 is 1.19 bits per heavy atom. The van der Waals surface area contributed by atoms with Gasteiger partial charge in [0.1, 0.15) is 5.82 Å². The zero-order valence-corrected chi connectivity index (χ0v) is 13.4. The molecule has 0 saturated carbocycles. The van der Waals surface area contributed by atoms with Crippen molar-refractivity contribution in [3.8, 4) is 0 Å². The fourth-order valence-corrected chi connectivity index (χ4v) is 2.22. The third-order valence-corrected chi connectivity index (χ3v) is 3.86. The Bertz CT molecular complexity index is 625. The van der Waals surface area contributed by atoms with Crippen molar-refractivity contribution < 1.29 is 9.18 Å². The van der Waals surface area contributed by atoms with E-state index in [1.165, 1.54) is 17.7 Å². The first kappa shape index (κ1) is 15.7. The summed E-state index contributed by atoms with van der Waals surface area (Å²) in [6.45, 7) is 2.16. The standard InChI is InChI=1S/C17H17BrFNO/c1-2-3-4-12-5-8-14(9-6-12)20-17(21)13-7-10-15(18)16(19)11-13/h5-11H,2-4H2,1H3,(H,20,21). The molecule has 0 fully saturated rings. The van der Waals surface area contributed by atoms with Gasteiger partial charge in [-0.2, -0.15) is 0 Å². The highest BCUT2D eigenvalue weighted by Crippen LogP contribution is 2.18. The summed E-state index contributed by atoms with van der Waals surface area (Å²) < 4.78 is 13.8. The fraction of sp³-hybridized carbons (Fsp3) is 0.235. The minimum absolute atomic E-state index is 0.297. The van der Waals surface area contributed by atoms with Crippen LogP contribution in [0.3, 0.4) is 0 Å². The molecule has 2 aromatic rings. The Hall–Kier alpha value is -1.68. The summed E-state index contributed by atoms with van der Waals surface area (Å²) in [4.78, 5) is 12.0. The summed E-state index contributed by atoms with van der Waals surface area (Å²) in [5.74, 6) is -0.764. The third kappa shape index (κ3) is 4.39. The van der Waals surface area contributed by atoms with Gasteiger partial charge in [0.25, 0.3) is 5.91 Å². The fourth-order valence-electron chi connectivity index (χ4n) is 1.98. The first-order chi connectivity index (χ1) is 10.1. The van der Waals surface area contributed by atoms with Gasteiger partial charge in [0, 0.05) is 11.3 Å². The molecule has 21 heavy (non-hydrogen) atoms. The quantitative estimate of drug-likeness (QED) is 0.791. The number of rotatable bonds is 5. The number of halogens is 2. The van der Waals surface area contributed by atoms with Gasteiger partial charge in [-0.15, -0.1) is 0 Å². The van der Waals surface area contributed by atoms with Gasteiger partial charge in [-0.25, -0.2) is 4.39 Å². The lowest BCUT2D eigenvalue weighted by molar-refractivity contribution is 0.102. The molecule has 0 heterocycles. The molecule has 0 unspecified atom stereocenters. The van der Waals surface area contributed by atoms with E-state index in [4.69, 9.17) is 0 Å². The number of aryl methyl sites for hydroxylation is 1. The molecule has 0 aromatic heterocycles. The Morgan fingerprint density at radius 2 is 1.90 bits per heavy atom. The summed E-state index contributed by atoms with van der Waals surface area (Å²) in [6.07, 6.45) is 3.36. The minimum atomic E-state index is -0.447. The van der Waals surface area contributed by atoms with Crippen molar-refractivity contribution in [2.75, 3.05) is 5.32 Å². The predicted molar refractivity (Wildman–Crippen MR) is 87.1 cm³/mol. The van der Waals surface area contributed by atoms with Gasteiger partial charge in [0.05, 0.1) is 4.47 Å². The molecule has 2 rings (SSSR count). The molecular formula is C17H17BrFNO. The molecule has 2 aromatic carbocycles. The van der Waals surface area contributed by atoms with Crippen molar-refractivity contribution in [3.63, 3.8) is 0 Å². The molecule has 0 spiro atoms. The molecule has 0 atom stereocenters. The molecule has 0 aliphatic heterocycles. The molecule has 4 heteroatoms. The zero-order valence-electron chi connectivity index (χ0n) is 11.8. The molecule has 0 aliphatic rings. The summed E-state index contributed by atoms with van der Waals surface area (Å²) in [7, 11) is 0. The maximum atomic E-state index is 13.4. The second-order valence-corrected chi connectivity index (χ2v) is 5.74. The number of carbonyl (C=O) groups excluding carboxylic acids is 1. The van der Waals surface area contributed by atoms with Crippen LogP contribution in [0.25, 0.3) is 0 Å². The molecule has 2 nitrogen and oxygen atoms in total. The van der Waals surface area contributed by atoms with E-state index in [0.717, 1.165) is 19.3 Å². The SMILES string of the molecule is CCCCc1ccc(NC(=O)c2ccc(Br)c(F)c2)cc1. The van der Waals surface area contributed by atoms with Gasteiger partial charge in [0.15, 0.2) is 0 Å².